The molecule has 2 unspecified atom stereocenters. The summed E-state index contributed by atoms with van der Waals surface area (Å²) in [6.07, 6.45) is 0.232. The average molecular weight is 351 g/mol. The zero-order chi connectivity index (χ0) is 14.8. The summed E-state index contributed by atoms with van der Waals surface area (Å²) in [4.78, 5) is 15.7. The topological polar surface area (TPSA) is 42.0 Å². The normalized spacial score (nSPS) is 23.4. The Bertz CT molecular complexity index is 475. The van der Waals surface area contributed by atoms with Crippen molar-refractivity contribution in [2.24, 2.45) is 0 Å². The van der Waals surface area contributed by atoms with Crippen LogP contribution in [0.1, 0.15) is 41.7 Å². The van der Waals surface area contributed by atoms with Gasteiger partial charge in [-0.05, 0) is 25.0 Å². The maximum Gasteiger partial charge on any atom is 0.417 e. The first-order valence-corrected chi connectivity index (χ1v) is 7.27. The summed E-state index contributed by atoms with van der Waals surface area (Å²) in [6.45, 7) is 0. The number of nitrogens with one attached hydrogen (secondary N) is 1. The number of rotatable bonds is 2. The van der Waals surface area contributed by atoms with E-state index in [-0.39, 0.29) is 16.6 Å². The highest BCUT2D eigenvalue weighted by molar-refractivity contribution is 9.09. The molecule has 1 heterocycles. The molecule has 1 N–H and O–H groups in total. The van der Waals surface area contributed by atoms with E-state index in [1.165, 1.54) is 0 Å². The molecule has 1 amide bonds. The van der Waals surface area contributed by atoms with Crippen molar-refractivity contribution in [1.82, 2.24) is 10.3 Å². The van der Waals surface area contributed by atoms with Gasteiger partial charge in [0.15, 0.2) is 0 Å². The van der Waals surface area contributed by atoms with Gasteiger partial charge in [0.05, 0.1) is 5.56 Å². The third kappa shape index (κ3) is 3.71. The minimum absolute atomic E-state index is 0.000317. The van der Waals surface area contributed by atoms with Crippen LogP contribution in [-0.4, -0.2) is 21.8 Å². The molecule has 1 saturated carbocycles. The molecule has 1 aliphatic rings. The maximum atomic E-state index is 12.4. The lowest BCUT2D eigenvalue weighted by Gasteiger charge is -2.28. The molecule has 1 aromatic heterocycles. The molecule has 20 heavy (non-hydrogen) atoms. The minimum Gasteiger partial charge on any atom is -0.347 e. The summed E-state index contributed by atoms with van der Waals surface area (Å²) in [6, 6.07) is 1.97. The van der Waals surface area contributed by atoms with Crippen molar-refractivity contribution in [2.75, 3.05) is 0 Å². The molecule has 0 saturated heterocycles. The van der Waals surface area contributed by atoms with Crippen molar-refractivity contribution in [2.45, 2.75) is 42.7 Å². The highest BCUT2D eigenvalue weighted by Gasteiger charge is 2.31. The number of pyridine rings is 1. The lowest BCUT2D eigenvalue weighted by molar-refractivity contribution is -0.137. The molecule has 1 aliphatic carbocycles. The van der Waals surface area contributed by atoms with Gasteiger partial charge in [-0.1, -0.05) is 28.8 Å². The predicted octanol–water partition coefficient (Wildman–Crippen LogP) is 3.54. The van der Waals surface area contributed by atoms with Gasteiger partial charge in [0.2, 0.25) is 0 Å². The quantitative estimate of drug-likeness (QED) is 0.829. The summed E-state index contributed by atoms with van der Waals surface area (Å²) in [5, 5.41) is 2.81. The van der Waals surface area contributed by atoms with Crippen LogP contribution >= 0.6 is 15.9 Å². The first-order chi connectivity index (χ1) is 9.38. The summed E-state index contributed by atoms with van der Waals surface area (Å²) in [5.41, 5.74) is -0.853. The van der Waals surface area contributed by atoms with E-state index in [2.05, 4.69) is 26.2 Å². The third-order valence-electron chi connectivity index (χ3n) is 3.32. The molecule has 1 fully saturated rings. The Hall–Kier alpha value is -1.11. The van der Waals surface area contributed by atoms with Gasteiger partial charge < -0.3 is 5.32 Å². The van der Waals surface area contributed by atoms with Crippen LogP contribution in [0.3, 0.4) is 0 Å². The molecule has 0 aromatic carbocycles. The van der Waals surface area contributed by atoms with Crippen LogP contribution in [0.4, 0.5) is 13.2 Å². The van der Waals surface area contributed by atoms with E-state index in [4.69, 9.17) is 0 Å². The zero-order valence-electron chi connectivity index (χ0n) is 10.6. The van der Waals surface area contributed by atoms with Crippen LogP contribution in [0.5, 0.6) is 0 Å². The van der Waals surface area contributed by atoms with Crippen molar-refractivity contribution in [1.29, 1.82) is 0 Å². The molecule has 110 valence electrons. The fraction of sp³-hybridized carbons (Fsp3) is 0.538. The number of carbonyl (C=O) groups excluding carboxylic acids is 1. The number of nitrogens with zero attached hydrogens (tertiary/aromatic N) is 1. The number of aromatic nitrogens is 1. The van der Waals surface area contributed by atoms with Gasteiger partial charge in [0.1, 0.15) is 5.69 Å². The van der Waals surface area contributed by atoms with Crippen LogP contribution in [0.2, 0.25) is 0 Å². The molecule has 0 radical (unpaired) electrons. The predicted molar refractivity (Wildman–Crippen MR) is 71.7 cm³/mol. The van der Waals surface area contributed by atoms with E-state index in [0.29, 0.717) is 6.20 Å². The number of amides is 1. The highest BCUT2D eigenvalue weighted by Crippen LogP contribution is 2.28. The van der Waals surface area contributed by atoms with Crippen LogP contribution in [0.25, 0.3) is 0 Å². The first-order valence-electron chi connectivity index (χ1n) is 6.36. The Labute approximate surface area is 123 Å². The summed E-state index contributed by atoms with van der Waals surface area (Å²) in [7, 11) is 0. The Balaban J connectivity index is 2.02. The Morgan fingerprint density at radius 3 is 2.55 bits per heavy atom. The molecule has 7 heteroatoms. The summed E-state index contributed by atoms with van der Waals surface area (Å²) < 4.78 is 37.2. The number of halogens is 4. The first kappa shape index (κ1) is 15.3. The van der Waals surface area contributed by atoms with E-state index >= 15 is 0 Å². The van der Waals surface area contributed by atoms with Crippen molar-refractivity contribution in [3.05, 3.63) is 29.6 Å². The summed E-state index contributed by atoms with van der Waals surface area (Å²) in [5.74, 6) is -0.435. The highest BCUT2D eigenvalue weighted by atomic mass is 79.9. The van der Waals surface area contributed by atoms with Crippen molar-refractivity contribution >= 4 is 21.8 Å². The van der Waals surface area contributed by atoms with E-state index in [9.17, 15) is 18.0 Å². The van der Waals surface area contributed by atoms with Crippen molar-refractivity contribution in [3.63, 3.8) is 0 Å². The largest absolute Gasteiger partial charge is 0.417 e. The van der Waals surface area contributed by atoms with Crippen LogP contribution in [0.15, 0.2) is 18.3 Å². The number of carbonyl (C=O) groups is 1. The second kappa shape index (κ2) is 6.11. The van der Waals surface area contributed by atoms with E-state index in [1.54, 1.807) is 0 Å². The van der Waals surface area contributed by atoms with Gasteiger partial charge in [0, 0.05) is 17.1 Å². The molecule has 0 bridgehead atoms. The molecular weight excluding hydrogens is 337 g/mol. The van der Waals surface area contributed by atoms with Crippen molar-refractivity contribution in [3.8, 4) is 0 Å². The minimum atomic E-state index is -4.44. The Morgan fingerprint density at radius 2 is 2.00 bits per heavy atom. The SMILES string of the molecule is O=C(NC1CCCCC1Br)c1ccc(C(F)(F)F)cn1. The maximum absolute atomic E-state index is 12.4. The molecular formula is C13H14BrF3N2O. The van der Waals surface area contributed by atoms with Gasteiger partial charge >= 0.3 is 6.18 Å². The van der Waals surface area contributed by atoms with Crippen LogP contribution < -0.4 is 5.32 Å². The van der Waals surface area contributed by atoms with Crippen LogP contribution in [-0.2, 0) is 6.18 Å². The monoisotopic (exact) mass is 350 g/mol. The average Bonchev–Trinajstić information content (AvgIpc) is 2.40. The fourth-order valence-electron chi connectivity index (χ4n) is 2.19. The molecule has 3 nitrogen and oxygen atoms in total. The van der Waals surface area contributed by atoms with E-state index in [1.807, 2.05) is 0 Å². The van der Waals surface area contributed by atoms with E-state index < -0.39 is 17.6 Å². The molecule has 0 spiro atoms. The van der Waals surface area contributed by atoms with Gasteiger partial charge in [0.25, 0.3) is 5.91 Å². The number of alkyl halides is 4. The lowest BCUT2D eigenvalue weighted by Crippen LogP contribution is -2.42. The summed E-state index contributed by atoms with van der Waals surface area (Å²) >= 11 is 3.51. The van der Waals surface area contributed by atoms with Crippen molar-refractivity contribution < 1.29 is 18.0 Å². The van der Waals surface area contributed by atoms with Crippen LogP contribution in [0, 0.1) is 0 Å². The smallest absolute Gasteiger partial charge is 0.347 e. The molecule has 2 rings (SSSR count). The Morgan fingerprint density at radius 1 is 1.30 bits per heavy atom. The van der Waals surface area contributed by atoms with Gasteiger partial charge in [-0.15, -0.1) is 0 Å². The number of hydrogen-bond acceptors (Lipinski definition) is 2. The van der Waals surface area contributed by atoms with Gasteiger partial charge in [-0.3, -0.25) is 9.78 Å². The molecule has 1 aromatic rings. The molecule has 0 aliphatic heterocycles. The zero-order valence-corrected chi connectivity index (χ0v) is 12.2. The third-order valence-corrected chi connectivity index (χ3v) is 4.42. The second-order valence-corrected chi connectivity index (χ2v) is 5.99. The standard InChI is InChI=1S/C13H14BrF3N2O/c14-9-3-1-2-4-10(9)19-12(20)11-6-5-8(7-18-11)13(15,16)17/h5-7,9-10H,1-4H2,(H,19,20). The molecule has 2 atom stereocenters. The lowest BCUT2D eigenvalue weighted by atomic mass is 9.95. The van der Waals surface area contributed by atoms with Gasteiger partial charge in [-0.2, -0.15) is 13.2 Å². The number of hydrogen-bond donors (Lipinski definition) is 1. The second-order valence-electron chi connectivity index (χ2n) is 4.81. The fourth-order valence-corrected chi connectivity index (χ4v) is 2.91. The van der Waals surface area contributed by atoms with Gasteiger partial charge in [-0.25, -0.2) is 0 Å². The Kier molecular flexibility index (Phi) is 4.67. The van der Waals surface area contributed by atoms with E-state index in [0.717, 1.165) is 37.8 Å².